The first-order valence-corrected chi connectivity index (χ1v) is 7.09. The van der Waals surface area contributed by atoms with Crippen LogP contribution in [0.15, 0.2) is 36.2 Å². The standard InChI is InChI=1S/C13H19O3P/c1-11-5-7-13(8-6-11)12(2)9-10-17(14,15-3)16-4/h5-10,12H,1-4H3/b10-9-/t12-/m0/s1. The Hall–Kier alpha value is -0.890. The molecule has 0 fully saturated rings. The van der Waals surface area contributed by atoms with E-state index in [0.717, 1.165) is 0 Å². The zero-order valence-corrected chi connectivity index (χ0v) is 11.6. The maximum Gasteiger partial charge on any atom is 0.353 e. The lowest BCUT2D eigenvalue weighted by atomic mass is 10.0. The summed E-state index contributed by atoms with van der Waals surface area (Å²) in [5.74, 6) is 1.69. The fourth-order valence-corrected chi connectivity index (χ4v) is 2.27. The Labute approximate surface area is 103 Å². The van der Waals surface area contributed by atoms with Crippen LogP contribution in [-0.4, -0.2) is 14.2 Å². The second-order valence-electron chi connectivity index (χ2n) is 3.95. The lowest BCUT2D eigenvalue weighted by molar-refractivity contribution is 0.286. The van der Waals surface area contributed by atoms with Gasteiger partial charge in [0.05, 0.1) is 0 Å². The molecule has 1 aromatic rings. The van der Waals surface area contributed by atoms with E-state index in [1.54, 1.807) is 0 Å². The minimum absolute atomic E-state index is 0.175. The van der Waals surface area contributed by atoms with Crippen LogP contribution in [-0.2, 0) is 13.6 Å². The first kappa shape index (κ1) is 14.2. The maximum absolute atomic E-state index is 11.8. The molecule has 0 aliphatic heterocycles. The number of hydrogen-bond donors (Lipinski definition) is 0. The van der Waals surface area contributed by atoms with Crippen molar-refractivity contribution in [2.45, 2.75) is 19.8 Å². The van der Waals surface area contributed by atoms with Crippen LogP contribution in [0.2, 0.25) is 0 Å². The number of allylic oxidation sites excluding steroid dienone is 1. The molecule has 0 unspecified atom stereocenters. The smallest absolute Gasteiger partial charge is 0.309 e. The molecule has 0 saturated heterocycles. The van der Waals surface area contributed by atoms with E-state index in [4.69, 9.17) is 9.05 Å². The van der Waals surface area contributed by atoms with Crippen LogP contribution in [0.25, 0.3) is 0 Å². The first-order valence-electron chi connectivity index (χ1n) is 5.48. The number of aryl methyl sites for hydroxylation is 1. The Morgan fingerprint density at radius 1 is 1.18 bits per heavy atom. The lowest BCUT2D eigenvalue weighted by Gasteiger charge is -2.11. The third-order valence-electron chi connectivity index (χ3n) is 2.67. The molecule has 0 N–H and O–H groups in total. The lowest BCUT2D eigenvalue weighted by Crippen LogP contribution is -1.90. The molecule has 0 saturated carbocycles. The van der Waals surface area contributed by atoms with E-state index >= 15 is 0 Å². The molecule has 0 bridgehead atoms. The van der Waals surface area contributed by atoms with Crippen LogP contribution in [0, 0.1) is 6.92 Å². The Balaban J connectivity index is 2.78. The highest BCUT2D eigenvalue weighted by atomic mass is 31.2. The summed E-state index contributed by atoms with van der Waals surface area (Å²) in [6.45, 7) is 4.09. The van der Waals surface area contributed by atoms with Gasteiger partial charge < -0.3 is 9.05 Å². The molecule has 0 aliphatic carbocycles. The molecule has 1 aromatic carbocycles. The van der Waals surface area contributed by atoms with Crippen molar-refractivity contribution in [1.82, 2.24) is 0 Å². The second kappa shape index (κ2) is 6.15. The molecular weight excluding hydrogens is 235 g/mol. The predicted octanol–water partition coefficient (Wildman–Crippen LogP) is 4.10. The van der Waals surface area contributed by atoms with Gasteiger partial charge in [-0.3, -0.25) is 4.57 Å². The normalized spacial score (nSPS) is 14.1. The average molecular weight is 254 g/mol. The van der Waals surface area contributed by atoms with Gasteiger partial charge in [-0.2, -0.15) is 0 Å². The molecule has 0 aromatic heterocycles. The highest BCUT2D eigenvalue weighted by Gasteiger charge is 2.16. The van der Waals surface area contributed by atoms with Crippen molar-refractivity contribution in [3.05, 3.63) is 47.3 Å². The van der Waals surface area contributed by atoms with Gasteiger partial charge in [-0.05, 0) is 18.4 Å². The summed E-state index contributed by atoms with van der Waals surface area (Å²) in [6.07, 6.45) is 1.85. The van der Waals surface area contributed by atoms with Crippen molar-refractivity contribution in [1.29, 1.82) is 0 Å². The predicted molar refractivity (Wildman–Crippen MR) is 70.4 cm³/mol. The molecule has 1 atom stereocenters. The molecule has 17 heavy (non-hydrogen) atoms. The Bertz CT molecular complexity index is 415. The second-order valence-corrected chi connectivity index (χ2v) is 6.05. The highest BCUT2D eigenvalue weighted by molar-refractivity contribution is 7.57. The van der Waals surface area contributed by atoms with Crippen molar-refractivity contribution in [2.75, 3.05) is 14.2 Å². The maximum atomic E-state index is 11.8. The van der Waals surface area contributed by atoms with Crippen molar-refractivity contribution in [3.63, 3.8) is 0 Å². The summed E-state index contributed by atoms with van der Waals surface area (Å²) in [6, 6.07) is 8.25. The zero-order chi connectivity index (χ0) is 12.9. The third-order valence-corrected chi connectivity index (χ3v) is 4.22. The Morgan fingerprint density at radius 2 is 1.71 bits per heavy atom. The summed E-state index contributed by atoms with van der Waals surface area (Å²) in [5.41, 5.74) is 2.40. The summed E-state index contributed by atoms with van der Waals surface area (Å²) in [7, 11) is -0.285. The molecule has 0 spiro atoms. The van der Waals surface area contributed by atoms with E-state index in [2.05, 4.69) is 24.3 Å². The molecule has 94 valence electrons. The molecule has 0 aliphatic rings. The highest BCUT2D eigenvalue weighted by Crippen LogP contribution is 2.48. The van der Waals surface area contributed by atoms with Crippen molar-refractivity contribution in [3.8, 4) is 0 Å². The van der Waals surface area contributed by atoms with Crippen molar-refractivity contribution in [2.24, 2.45) is 0 Å². The fraction of sp³-hybridized carbons (Fsp3) is 0.385. The van der Waals surface area contributed by atoms with Gasteiger partial charge in [0.2, 0.25) is 0 Å². The molecule has 0 heterocycles. The van der Waals surface area contributed by atoms with E-state index in [9.17, 15) is 4.57 Å². The Kier molecular flexibility index (Phi) is 5.13. The minimum Gasteiger partial charge on any atom is -0.309 e. The van der Waals surface area contributed by atoms with Gasteiger partial charge in [-0.25, -0.2) is 0 Å². The third kappa shape index (κ3) is 4.12. The molecule has 1 rings (SSSR count). The minimum atomic E-state index is -3.05. The summed E-state index contributed by atoms with van der Waals surface area (Å²) >= 11 is 0. The largest absolute Gasteiger partial charge is 0.353 e. The van der Waals surface area contributed by atoms with Crippen LogP contribution < -0.4 is 0 Å². The van der Waals surface area contributed by atoms with Gasteiger partial charge >= 0.3 is 7.60 Å². The van der Waals surface area contributed by atoms with Crippen LogP contribution in [0.4, 0.5) is 0 Å². The van der Waals surface area contributed by atoms with Crippen LogP contribution in [0.5, 0.6) is 0 Å². The van der Waals surface area contributed by atoms with Gasteiger partial charge in [-0.15, -0.1) is 0 Å². The van der Waals surface area contributed by atoms with E-state index in [1.165, 1.54) is 31.2 Å². The number of hydrogen-bond acceptors (Lipinski definition) is 3. The fourth-order valence-electron chi connectivity index (χ4n) is 1.41. The van der Waals surface area contributed by atoms with Crippen molar-refractivity contribution >= 4 is 7.60 Å². The number of rotatable bonds is 5. The van der Waals surface area contributed by atoms with Crippen LogP contribution in [0.3, 0.4) is 0 Å². The number of benzene rings is 1. The van der Waals surface area contributed by atoms with E-state index < -0.39 is 7.60 Å². The topological polar surface area (TPSA) is 35.5 Å². The Morgan fingerprint density at radius 3 is 2.18 bits per heavy atom. The summed E-state index contributed by atoms with van der Waals surface area (Å²) in [5, 5.41) is 0. The summed E-state index contributed by atoms with van der Waals surface area (Å²) < 4.78 is 21.5. The van der Waals surface area contributed by atoms with E-state index in [-0.39, 0.29) is 5.92 Å². The van der Waals surface area contributed by atoms with E-state index in [0.29, 0.717) is 0 Å². The average Bonchev–Trinajstić information content (AvgIpc) is 2.36. The monoisotopic (exact) mass is 254 g/mol. The quantitative estimate of drug-likeness (QED) is 0.742. The van der Waals surface area contributed by atoms with Gasteiger partial charge in [0, 0.05) is 20.0 Å². The van der Waals surface area contributed by atoms with Crippen LogP contribution >= 0.6 is 7.60 Å². The molecule has 0 radical (unpaired) electrons. The van der Waals surface area contributed by atoms with Gasteiger partial charge in [0.25, 0.3) is 0 Å². The van der Waals surface area contributed by atoms with E-state index in [1.807, 2.05) is 19.9 Å². The molecule has 3 nitrogen and oxygen atoms in total. The van der Waals surface area contributed by atoms with Crippen LogP contribution in [0.1, 0.15) is 24.0 Å². The molecular formula is C13H19O3P. The molecule has 0 amide bonds. The van der Waals surface area contributed by atoms with Gasteiger partial charge in [0.1, 0.15) is 0 Å². The SMILES string of the molecule is COP(=O)(/C=C\[C@H](C)c1ccc(C)cc1)OC. The van der Waals surface area contributed by atoms with Gasteiger partial charge in [0.15, 0.2) is 0 Å². The molecule has 4 heteroatoms. The van der Waals surface area contributed by atoms with Gasteiger partial charge in [-0.1, -0.05) is 42.8 Å². The summed E-state index contributed by atoms with van der Waals surface area (Å²) in [4.78, 5) is 0. The zero-order valence-electron chi connectivity index (χ0n) is 10.7. The first-order chi connectivity index (χ1) is 8.00. The van der Waals surface area contributed by atoms with Crippen molar-refractivity contribution < 1.29 is 13.6 Å².